The first kappa shape index (κ1) is 18.7. The molecule has 0 aliphatic heterocycles. The zero-order chi connectivity index (χ0) is 17.3. The van der Waals surface area contributed by atoms with Crippen molar-refractivity contribution in [3.05, 3.63) is 0 Å². The second kappa shape index (κ2) is 6.69. The minimum Gasteiger partial charge on any atom is -0.378 e. The van der Waals surface area contributed by atoms with Crippen LogP contribution in [-0.4, -0.2) is 55.2 Å². The van der Waals surface area contributed by atoms with Crippen LogP contribution in [-0.2, 0) is 9.53 Å². The number of nitrogens with zero attached hydrogens (tertiary/aromatic N) is 1. The van der Waals surface area contributed by atoms with Crippen LogP contribution < -0.4 is 11.1 Å². The second-order valence-electron chi connectivity index (χ2n) is 8.20. The van der Waals surface area contributed by atoms with Crippen LogP contribution in [0.4, 0.5) is 0 Å². The summed E-state index contributed by atoms with van der Waals surface area (Å²) in [6.07, 6.45) is 6.73. The average molecular weight is 325 g/mol. The van der Waals surface area contributed by atoms with Gasteiger partial charge in [-0.2, -0.15) is 0 Å². The van der Waals surface area contributed by atoms with Crippen molar-refractivity contribution in [2.24, 2.45) is 11.1 Å². The standard InChI is InChI=1S/C18H35N3O2/c1-6-23-14-12-18(19,16(14,2)3)15(22)20-13-17(21(4)5)10-8-7-9-11-17/h14H,6-13,19H2,1-5H3,(H,20,22). The van der Waals surface area contributed by atoms with E-state index in [-0.39, 0.29) is 23.0 Å². The molecule has 23 heavy (non-hydrogen) atoms. The van der Waals surface area contributed by atoms with E-state index in [1.54, 1.807) is 0 Å². The Morgan fingerprint density at radius 2 is 1.87 bits per heavy atom. The van der Waals surface area contributed by atoms with E-state index in [0.717, 1.165) is 12.8 Å². The van der Waals surface area contributed by atoms with E-state index in [4.69, 9.17) is 10.5 Å². The molecule has 0 bridgehead atoms. The highest BCUT2D eigenvalue weighted by Crippen LogP contribution is 2.49. The summed E-state index contributed by atoms with van der Waals surface area (Å²) in [6, 6.07) is 0. The predicted molar refractivity (Wildman–Crippen MR) is 93.2 cm³/mol. The molecule has 0 spiro atoms. The van der Waals surface area contributed by atoms with Gasteiger partial charge in [-0.3, -0.25) is 4.79 Å². The molecule has 2 saturated carbocycles. The normalized spacial score (nSPS) is 32.4. The van der Waals surface area contributed by atoms with Crippen molar-refractivity contribution in [3.63, 3.8) is 0 Å². The van der Waals surface area contributed by atoms with Crippen LogP contribution in [0.25, 0.3) is 0 Å². The molecule has 1 amide bonds. The Labute approximate surface area is 141 Å². The number of hydrogen-bond donors (Lipinski definition) is 2. The minimum atomic E-state index is -0.824. The molecule has 2 unspecified atom stereocenters. The van der Waals surface area contributed by atoms with Crippen molar-refractivity contribution >= 4 is 5.91 Å². The van der Waals surface area contributed by atoms with Gasteiger partial charge in [-0.05, 0) is 33.9 Å². The Kier molecular flexibility index (Phi) is 5.44. The van der Waals surface area contributed by atoms with Gasteiger partial charge in [-0.25, -0.2) is 0 Å². The van der Waals surface area contributed by atoms with E-state index >= 15 is 0 Å². The Morgan fingerprint density at radius 3 is 2.35 bits per heavy atom. The van der Waals surface area contributed by atoms with Gasteiger partial charge in [-0.15, -0.1) is 0 Å². The van der Waals surface area contributed by atoms with Crippen LogP contribution in [0, 0.1) is 5.41 Å². The van der Waals surface area contributed by atoms with E-state index in [1.165, 1.54) is 19.3 Å². The van der Waals surface area contributed by atoms with Crippen LogP contribution in [0.2, 0.25) is 0 Å². The largest absolute Gasteiger partial charge is 0.378 e. The maximum absolute atomic E-state index is 12.8. The molecule has 134 valence electrons. The van der Waals surface area contributed by atoms with Crippen molar-refractivity contribution in [2.45, 2.75) is 76.5 Å². The Hall–Kier alpha value is -0.650. The molecule has 2 atom stereocenters. The first-order valence-corrected chi connectivity index (χ1v) is 9.06. The lowest BCUT2D eigenvalue weighted by Crippen LogP contribution is -2.76. The molecule has 2 fully saturated rings. The maximum atomic E-state index is 12.8. The fourth-order valence-electron chi connectivity index (χ4n) is 4.22. The van der Waals surface area contributed by atoms with Crippen LogP contribution in [0.3, 0.4) is 0 Å². The lowest BCUT2D eigenvalue weighted by molar-refractivity contribution is -0.171. The van der Waals surface area contributed by atoms with E-state index in [9.17, 15) is 4.79 Å². The number of ether oxygens (including phenoxy) is 1. The number of carbonyl (C=O) groups excluding carboxylic acids is 1. The highest BCUT2D eigenvalue weighted by molar-refractivity contribution is 5.88. The quantitative estimate of drug-likeness (QED) is 0.783. The summed E-state index contributed by atoms with van der Waals surface area (Å²) in [7, 11) is 4.24. The highest BCUT2D eigenvalue weighted by Gasteiger charge is 2.62. The molecule has 0 heterocycles. The molecule has 5 heteroatoms. The van der Waals surface area contributed by atoms with Gasteiger partial charge in [-0.1, -0.05) is 33.1 Å². The SMILES string of the molecule is CCOC1CC(N)(C(=O)NCC2(N(C)C)CCCCC2)C1(C)C. The summed E-state index contributed by atoms with van der Waals surface area (Å²) >= 11 is 0. The van der Waals surface area contributed by atoms with Gasteiger partial charge in [0, 0.05) is 30.5 Å². The van der Waals surface area contributed by atoms with Gasteiger partial charge >= 0.3 is 0 Å². The second-order valence-corrected chi connectivity index (χ2v) is 8.20. The van der Waals surface area contributed by atoms with E-state index < -0.39 is 5.54 Å². The Bertz CT molecular complexity index is 430. The fraction of sp³-hybridized carbons (Fsp3) is 0.944. The number of nitrogens with one attached hydrogen (secondary N) is 1. The molecule has 0 saturated heterocycles. The predicted octanol–water partition coefficient (Wildman–Crippen LogP) is 1.90. The van der Waals surface area contributed by atoms with Gasteiger partial charge in [0.1, 0.15) is 5.54 Å². The number of nitrogens with two attached hydrogens (primary N) is 1. The van der Waals surface area contributed by atoms with E-state index in [2.05, 4.69) is 24.3 Å². The molecule has 2 aliphatic carbocycles. The van der Waals surface area contributed by atoms with Crippen molar-refractivity contribution < 1.29 is 9.53 Å². The lowest BCUT2D eigenvalue weighted by atomic mass is 9.54. The van der Waals surface area contributed by atoms with Crippen molar-refractivity contribution in [1.29, 1.82) is 0 Å². The molecular formula is C18H35N3O2. The van der Waals surface area contributed by atoms with Crippen molar-refractivity contribution in [1.82, 2.24) is 10.2 Å². The summed E-state index contributed by atoms with van der Waals surface area (Å²) in [6.45, 7) is 7.41. The lowest BCUT2D eigenvalue weighted by Gasteiger charge is -2.57. The fourth-order valence-corrected chi connectivity index (χ4v) is 4.22. The first-order chi connectivity index (χ1) is 10.7. The van der Waals surface area contributed by atoms with Crippen molar-refractivity contribution in [3.8, 4) is 0 Å². The third-order valence-electron chi connectivity index (χ3n) is 6.55. The van der Waals surface area contributed by atoms with Gasteiger partial charge < -0.3 is 20.7 Å². The third-order valence-corrected chi connectivity index (χ3v) is 6.55. The minimum absolute atomic E-state index is 0.0229. The molecule has 2 aliphatic rings. The number of likely N-dealkylation sites (N-methyl/N-ethyl adjacent to an activating group) is 1. The average Bonchev–Trinajstić information content (AvgIpc) is 2.52. The van der Waals surface area contributed by atoms with Gasteiger partial charge in [0.15, 0.2) is 0 Å². The van der Waals surface area contributed by atoms with Crippen LogP contribution in [0.15, 0.2) is 0 Å². The molecule has 2 rings (SSSR count). The molecular weight excluding hydrogens is 290 g/mol. The zero-order valence-electron chi connectivity index (χ0n) is 15.6. The summed E-state index contributed by atoms with van der Waals surface area (Å²) < 4.78 is 5.72. The smallest absolute Gasteiger partial charge is 0.240 e. The van der Waals surface area contributed by atoms with Crippen LogP contribution in [0.1, 0.15) is 59.3 Å². The number of hydrogen-bond acceptors (Lipinski definition) is 4. The molecule has 5 nitrogen and oxygen atoms in total. The summed E-state index contributed by atoms with van der Waals surface area (Å²) in [5.74, 6) is -0.0229. The topological polar surface area (TPSA) is 67.6 Å². The molecule has 0 aromatic carbocycles. The maximum Gasteiger partial charge on any atom is 0.240 e. The monoisotopic (exact) mass is 325 g/mol. The van der Waals surface area contributed by atoms with Crippen molar-refractivity contribution in [2.75, 3.05) is 27.2 Å². The Morgan fingerprint density at radius 1 is 1.26 bits per heavy atom. The first-order valence-electron chi connectivity index (χ1n) is 9.06. The number of carbonyl (C=O) groups is 1. The van der Waals surface area contributed by atoms with E-state index in [1.807, 2.05) is 20.8 Å². The number of rotatable bonds is 6. The molecule has 0 aromatic heterocycles. The zero-order valence-corrected chi connectivity index (χ0v) is 15.6. The Balaban J connectivity index is 1.99. The summed E-state index contributed by atoms with van der Waals surface area (Å²) in [5, 5.41) is 3.17. The highest BCUT2D eigenvalue weighted by atomic mass is 16.5. The molecule has 3 N–H and O–H groups in total. The van der Waals surface area contributed by atoms with Crippen LogP contribution in [0.5, 0.6) is 0 Å². The summed E-state index contributed by atoms with van der Waals surface area (Å²) in [5.41, 5.74) is 5.40. The molecule has 0 aromatic rings. The third kappa shape index (κ3) is 3.15. The van der Waals surface area contributed by atoms with Gasteiger partial charge in [0.2, 0.25) is 5.91 Å². The van der Waals surface area contributed by atoms with Gasteiger partial charge in [0.25, 0.3) is 0 Å². The molecule has 0 radical (unpaired) electrons. The summed E-state index contributed by atoms with van der Waals surface area (Å²) in [4.78, 5) is 15.1. The van der Waals surface area contributed by atoms with Crippen LogP contribution >= 0.6 is 0 Å². The number of amides is 1. The van der Waals surface area contributed by atoms with Gasteiger partial charge in [0.05, 0.1) is 6.10 Å². The van der Waals surface area contributed by atoms with E-state index in [0.29, 0.717) is 19.6 Å².